The van der Waals surface area contributed by atoms with Crippen molar-refractivity contribution in [3.05, 3.63) is 35.9 Å². The second kappa shape index (κ2) is 3.89. The molecule has 0 amide bonds. The zero-order valence-corrected chi connectivity index (χ0v) is 10.2. The van der Waals surface area contributed by atoms with Crippen LogP contribution in [0.15, 0.2) is 30.3 Å². The van der Waals surface area contributed by atoms with E-state index in [-0.39, 0.29) is 0 Å². The van der Waals surface area contributed by atoms with E-state index in [1.54, 1.807) is 0 Å². The predicted molar refractivity (Wildman–Crippen MR) is 67.1 cm³/mol. The molecule has 3 saturated heterocycles. The lowest BCUT2D eigenvalue weighted by atomic mass is 9.75. The lowest BCUT2D eigenvalue weighted by molar-refractivity contribution is -0.929. The van der Waals surface area contributed by atoms with E-state index in [9.17, 15) is 0 Å². The van der Waals surface area contributed by atoms with Crippen molar-refractivity contribution in [2.45, 2.75) is 19.3 Å². The van der Waals surface area contributed by atoms with E-state index in [1.807, 2.05) is 0 Å². The first-order chi connectivity index (χ1) is 7.75. The third-order valence-electron chi connectivity index (χ3n) is 4.76. The van der Waals surface area contributed by atoms with Gasteiger partial charge in [-0.15, -0.1) is 0 Å². The van der Waals surface area contributed by atoms with E-state index in [0.717, 1.165) is 11.8 Å². The maximum atomic E-state index is 2.45. The molecule has 4 rings (SSSR count). The Morgan fingerprint density at radius 3 is 2.44 bits per heavy atom. The summed E-state index contributed by atoms with van der Waals surface area (Å²) in [4.78, 5) is 0. The highest BCUT2D eigenvalue weighted by Gasteiger charge is 2.42. The smallest absolute Gasteiger partial charge is 0.0819 e. The van der Waals surface area contributed by atoms with Gasteiger partial charge in [-0.05, 0) is 17.9 Å². The molecule has 0 spiro atoms. The fourth-order valence-electron chi connectivity index (χ4n) is 3.73. The summed E-state index contributed by atoms with van der Waals surface area (Å²) in [5.41, 5.74) is 1.54. The van der Waals surface area contributed by atoms with Crippen LogP contribution in [-0.2, 0) is 6.42 Å². The Morgan fingerprint density at radius 2 is 1.81 bits per heavy atom. The van der Waals surface area contributed by atoms with Crippen LogP contribution in [-0.4, -0.2) is 31.2 Å². The largest absolute Gasteiger partial charge is 0.326 e. The highest BCUT2D eigenvalue weighted by molar-refractivity contribution is 5.15. The van der Waals surface area contributed by atoms with E-state index < -0.39 is 0 Å². The van der Waals surface area contributed by atoms with Crippen molar-refractivity contribution in [1.29, 1.82) is 0 Å². The Bertz CT molecular complexity index is 349. The van der Waals surface area contributed by atoms with Crippen LogP contribution in [0.25, 0.3) is 0 Å². The number of rotatable bonds is 2. The molecule has 86 valence electrons. The van der Waals surface area contributed by atoms with Crippen LogP contribution in [0.3, 0.4) is 0 Å². The Kier molecular flexibility index (Phi) is 2.51. The monoisotopic (exact) mass is 216 g/mol. The summed E-state index contributed by atoms with van der Waals surface area (Å²) < 4.78 is 1.34. The van der Waals surface area contributed by atoms with Gasteiger partial charge in [0, 0.05) is 18.8 Å². The SMILES string of the molecule is C[N+]12CCC(CC1)C(Cc1ccccc1)C2. The number of fused-ring (bicyclic) bond motifs is 3. The number of nitrogens with zero attached hydrogens (tertiary/aromatic N) is 1. The molecule has 3 heterocycles. The summed E-state index contributed by atoms with van der Waals surface area (Å²) >= 11 is 0. The molecule has 16 heavy (non-hydrogen) atoms. The van der Waals surface area contributed by atoms with Crippen molar-refractivity contribution >= 4 is 0 Å². The van der Waals surface area contributed by atoms with Crippen LogP contribution in [0.5, 0.6) is 0 Å². The van der Waals surface area contributed by atoms with E-state index in [2.05, 4.69) is 37.4 Å². The quantitative estimate of drug-likeness (QED) is 0.667. The topological polar surface area (TPSA) is 0 Å². The third kappa shape index (κ3) is 1.89. The fourth-order valence-corrected chi connectivity index (χ4v) is 3.73. The first-order valence-corrected chi connectivity index (χ1v) is 6.63. The van der Waals surface area contributed by atoms with Gasteiger partial charge in [-0.3, -0.25) is 0 Å². The van der Waals surface area contributed by atoms with Crippen LogP contribution in [0.1, 0.15) is 18.4 Å². The summed E-state index contributed by atoms with van der Waals surface area (Å²) in [7, 11) is 2.45. The molecular weight excluding hydrogens is 194 g/mol. The molecule has 1 nitrogen and oxygen atoms in total. The van der Waals surface area contributed by atoms with E-state index in [0.29, 0.717) is 0 Å². The minimum atomic E-state index is 0.940. The van der Waals surface area contributed by atoms with E-state index >= 15 is 0 Å². The van der Waals surface area contributed by atoms with Gasteiger partial charge in [-0.25, -0.2) is 0 Å². The molecule has 0 aromatic heterocycles. The van der Waals surface area contributed by atoms with Crippen LogP contribution in [0.2, 0.25) is 0 Å². The zero-order valence-electron chi connectivity index (χ0n) is 10.2. The molecule has 0 saturated carbocycles. The molecule has 3 aliphatic heterocycles. The number of hydrogen-bond acceptors (Lipinski definition) is 0. The maximum absolute atomic E-state index is 2.45. The highest BCUT2D eigenvalue weighted by atomic mass is 15.3. The van der Waals surface area contributed by atoms with Crippen LogP contribution in [0, 0.1) is 11.8 Å². The molecule has 3 aliphatic rings. The van der Waals surface area contributed by atoms with Crippen LogP contribution < -0.4 is 0 Å². The highest BCUT2D eigenvalue weighted by Crippen LogP contribution is 2.37. The Balaban J connectivity index is 1.72. The molecule has 1 aromatic rings. The summed E-state index contributed by atoms with van der Waals surface area (Å²) in [6, 6.07) is 11.0. The summed E-state index contributed by atoms with van der Waals surface area (Å²) in [6.07, 6.45) is 4.24. The number of benzene rings is 1. The van der Waals surface area contributed by atoms with Crippen molar-refractivity contribution in [1.82, 2.24) is 0 Å². The minimum absolute atomic E-state index is 0.940. The molecule has 0 N–H and O–H groups in total. The second-order valence-corrected chi connectivity index (χ2v) is 6.04. The first-order valence-electron chi connectivity index (χ1n) is 6.63. The van der Waals surface area contributed by atoms with Gasteiger partial charge in [0.25, 0.3) is 0 Å². The minimum Gasteiger partial charge on any atom is -0.326 e. The molecule has 1 aromatic carbocycles. The average molecular weight is 216 g/mol. The molecule has 0 aliphatic carbocycles. The maximum Gasteiger partial charge on any atom is 0.0819 e. The number of quaternary nitrogens is 1. The van der Waals surface area contributed by atoms with Gasteiger partial charge in [0.2, 0.25) is 0 Å². The van der Waals surface area contributed by atoms with Crippen LogP contribution in [0.4, 0.5) is 0 Å². The van der Waals surface area contributed by atoms with Gasteiger partial charge in [0.05, 0.1) is 26.7 Å². The zero-order chi connectivity index (χ0) is 11.0. The molecule has 1 atom stereocenters. The lowest BCUT2D eigenvalue weighted by Gasteiger charge is -2.50. The fraction of sp³-hybridized carbons (Fsp3) is 0.600. The Morgan fingerprint density at radius 1 is 1.12 bits per heavy atom. The molecular formula is C15H22N+. The van der Waals surface area contributed by atoms with Crippen molar-refractivity contribution in [3.63, 3.8) is 0 Å². The second-order valence-electron chi connectivity index (χ2n) is 6.04. The summed E-state index contributed by atoms with van der Waals surface area (Å²) in [5.74, 6) is 1.95. The third-order valence-corrected chi connectivity index (χ3v) is 4.76. The molecule has 1 unspecified atom stereocenters. The van der Waals surface area contributed by atoms with Crippen molar-refractivity contribution in [2.24, 2.45) is 11.8 Å². The first kappa shape index (κ1) is 10.3. The summed E-state index contributed by atoms with van der Waals surface area (Å²) in [5, 5.41) is 0. The van der Waals surface area contributed by atoms with E-state index in [4.69, 9.17) is 0 Å². The van der Waals surface area contributed by atoms with Crippen molar-refractivity contribution in [3.8, 4) is 0 Å². The molecule has 2 bridgehead atoms. The number of piperidine rings is 3. The van der Waals surface area contributed by atoms with Crippen molar-refractivity contribution < 1.29 is 4.48 Å². The Labute approximate surface area is 98.7 Å². The predicted octanol–water partition coefficient (Wildman–Crippen LogP) is 2.72. The normalized spacial score (nSPS) is 37.6. The standard InChI is InChI=1S/C15H22N/c1-16-9-7-14(8-10-16)15(12-16)11-13-5-3-2-4-6-13/h2-6,14-15H,7-12H2,1H3/q+1. The Hall–Kier alpha value is -0.820. The van der Waals surface area contributed by atoms with Gasteiger partial charge in [0.1, 0.15) is 0 Å². The number of hydrogen-bond donors (Lipinski definition) is 0. The van der Waals surface area contributed by atoms with Gasteiger partial charge in [-0.1, -0.05) is 30.3 Å². The molecule has 0 radical (unpaired) electrons. The van der Waals surface area contributed by atoms with Gasteiger partial charge in [0.15, 0.2) is 0 Å². The van der Waals surface area contributed by atoms with Gasteiger partial charge >= 0.3 is 0 Å². The van der Waals surface area contributed by atoms with Crippen molar-refractivity contribution in [2.75, 3.05) is 26.7 Å². The summed E-state index contributed by atoms with van der Waals surface area (Å²) in [6.45, 7) is 4.27. The molecule has 1 heteroatoms. The lowest BCUT2D eigenvalue weighted by Crippen LogP contribution is -2.59. The van der Waals surface area contributed by atoms with Gasteiger partial charge < -0.3 is 4.48 Å². The molecule has 3 fully saturated rings. The average Bonchev–Trinajstić information content (AvgIpc) is 2.30. The van der Waals surface area contributed by atoms with E-state index in [1.165, 1.54) is 48.9 Å². The van der Waals surface area contributed by atoms with Crippen LogP contribution >= 0.6 is 0 Å². The van der Waals surface area contributed by atoms with Gasteiger partial charge in [-0.2, -0.15) is 0 Å².